The first-order valence-corrected chi connectivity index (χ1v) is 40.3. The van der Waals surface area contributed by atoms with Crippen LogP contribution in [0.25, 0.3) is 0 Å². The summed E-state index contributed by atoms with van der Waals surface area (Å²) >= 11 is 0. The second kappa shape index (κ2) is 70.3. The lowest BCUT2D eigenvalue weighted by atomic mass is 10.0. The monoisotopic (exact) mass is 1270 g/mol. The Hall–Kier alpha value is -2.06. The maximum absolute atomic E-state index is 13.1. The molecular formula is C80H151N2O6P. The van der Waals surface area contributed by atoms with Crippen molar-refractivity contribution in [3.8, 4) is 0 Å². The van der Waals surface area contributed by atoms with Crippen LogP contribution < -0.4 is 10.2 Å². The number of allylic oxidation sites excluding steroid dienone is 11. The molecule has 0 fully saturated rings. The normalized spacial score (nSPS) is 13.9. The predicted octanol–water partition coefficient (Wildman–Crippen LogP) is 24.7. The zero-order chi connectivity index (χ0) is 64.8. The van der Waals surface area contributed by atoms with Crippen molar-refractivity contribution >= 4 is 13.7 Å². The molecular weight excluding hydrogens is 1120 g/mol. The van der Waals surface area contributed by atoms with Crippen LogP contribution in [0.15, 0.2) is 72.9 Å². The number of phosphoric acid groups is 1. The van der Waals surface area contributed by atoms with Crippen molar-refractivity contribution in [2.24, 2.45) is 0 Å². The molecule has 0 rings (SSSR count). The lowest BCUT2D eigenvalue weighted by Crippen LogP contribution is -2.45. The van der Waals surface area contributed by atoms with Gasteiger partial charge in [0.1, 0.15) is 13.2 Å². The van der Waals surface area contributed by atoms with Crippen LogP contribution in [0.4, 0.5) is 0 Å². The minimum absolute atomic E-state index is 0.00581. The number of hydrogen-bond acceptors (Lipinski definition) is 6. The Labute approximate surface area is 554 Å². The molecule has 0 radical (unpaired) electrons. The summed E-state index contributed by atoms with van der Waals surface area (Å²) in [5.41, 5.74) is 0. The van der Waals surface area contributed by atoms with E-state index in [1.54, 1.807) is 6.08 Å². The second-order valence-electron chi connectivity index (χ2n) is 27.7. The molecule has 522 valence electrons. The van der Waals surface area contributed by atoms with Gasteiger partial charge in [-0.15, -0.1) is 0 Å². The zero-order valence-electron chi connectivity index (χ0n) is 59.9. The molecule has 0 bridgehead atoms. The highest BCUT2D eigenvalue weighted by Gasteiger charge is 2.23. The van der Waals surface area contributed by atoms with Crippen LogP contribution in [0.2, 0.25) is 0 Å². The Morgan fingerprint density at radius 2 is 0.697 bits per heavy atom. The summed E-state index contributed by atoms with van der Waals surface area (Å²) in [6.45, 7) is 4.57. The van der Waals surface area contributed by atoms with E-state index in [0.717, 1.165) is 64.2 Å². The van der Waals surface area contributed by atoms with E-state index < -0.39 is 26.6 Å². The lowest BCUT2D eigenvalue weighted by molar-refractivity contribution is -0.870. The molecule has 0 saturated carbocycles. The Morgan fingerprint density at radius 3 is 1.04 bits per heavy atom. The summed E-state index contributed by atoms with van der Waals surface area (Å²) in [5.74, 6) is -0.200. The number of carbonyl (C=O) groups is 1. The first-order chi connectivity index (χ1) is 43.5. The number of carbonyl (C=O) groups excluding carboxylic acids is 1. The van der Waals surface area contributed by atoms with Crippen molar-refractivity contribution in [3.05, 3.63) is 72.9 Å². The van der Waals surface area contributed by atoms with Gasteiger partial charge in [0.05, 0.1) is 39.9 Å². The molecule has 3 unspecified atom stereocenters. The van der Waals surface area contributed by atoms with Crippen LogP contribution in [0.5, 0.6) is 0 Å². The fourth-order valence-corrected chi connectivity index (χ4v) is 12.4. The number of unbranched alkanes of at least 4 members (excludes halogenated alkanes) is 49. The summed E-state index contributed by atoms with van der Waals surface area (Å²) in [6, 6.07) is -0.906. The average molecular weight is 1270 g/mol. The SMILES string of the molecule is CC/C=C\C/C=C\C/C=C\C/C=C\CCCCCCCCCCCCCCCCCCCCCCCCCCC(=O)NC(COP(=O)([O-])OCC[N+](C)(C)C)C(O)/C=C/CC/C=C/CCCCCCCCCCCCCCCCCCCCCCCCCC. The molecule has 0 aromatic rings. The molecule has 0 aromatic carbocycles. The van der Waals surface area contributed by atoms with Gasteiger partial charge in [-0.3, -0.25) is 9.36 Å². The Bertz CT molecular complexity index is 1680. The number of phosphoric ester groups is 1. The highest BCUT2D eigenvalue weighted by molar-refractivity contribution is 7.45. The molecule has 9 heteroatoms. The van der Waals surface area contributed by atoms with Gasteiger partial charge in [-0.2, -0.15) is 0 Å². The Morgan fingerprint density at radius 1 is 0.404 bits per heavy atom. The van der Waals surface area contributed by atoms with Crippen molar-refractivity contribution in [1.29, 1.82) is 0 Å². The molecule has 8 nitrogen and oxygen atoms in total. The van der Waals surface area contributed by atoms with Crippen LogP contribution in [-0.4, -0.2) is 68.5 Å². The Kier molecular flexibility index (Phi) is 68.6. The largest absolute Gasteiger partial charge is 0.756 e. The van der Waals surface area contributed by atoms with E-state index in [1.165, 1.54) is 295 Å². The molecule has 0 aliphatic carbocycles. The fourth-order valence-electron chi connectivity index (χ4n) is 11.7. The van der Waals surface area contributed by atoms with Gasteiger partial charge in [-0.05, 0) is 70.6 Å². The zero-order valence-corrected chi connectivity index (χ0v) is 60.8. The number of nitrogens with one attached hydrogen (secondary N) is 1. The molecule has 0 aromatic heterocycles. The number of aliphatic hydroxyl groups excluding tert-OH is 1. The highest BCUT2D eigenvalue weighted by Crippen LogP contribution is 2.38. The van der Waals surface area contributed by atoms with E-state index in [0.29, 0.717) is 17.4 Å². The van der Waals surface area contributed by atoms with Gasteiger partial charge in [0, 0.05) is 6.42 Å². The van der Waals surface area contributed by atoms with Gasteiger partial charge in [0.15, 0.2) is 0 Å². The van der Waals surface area contributed by atoms with E-state index in [9.17, 15) is 19.4 Å². The molecule has 2 N–H and O–H groups in total. The number of amides is 1. The van der Waals surface area contributed by atoms with Gasteiger partial charge in [-0.1, -0.05) is 376 Å². The first-order valence-electron chi connectivity index (χ1n) is 38.8. The Balaban J connectivity index is 3.99. The minimum Gasteiger partial charge on any atom is -0.756 e. The van der Waals surface area contributed by atoms with Crippen molar-refractivity contribution in [3.63, 3.8) is 0 Å². The summed E-state index contributed by atoms with van der Waals surface area (Å²) in [5, 5.41) is 14.0. The quantitative estimate of drug-likeness (QED) is 0.0272. The fraction of sp³-hybridized carbons (Fsp3) is 0.838. The number of aliphatic hydroxyl groups is 1. The maximum atomic E-state index is 13.1. The molecule has 0 saturated heterocycles. The summed E-state index contributed by atoms with van der Waals surface area (Å²) in [7, 11) is 1.26. The van der Waals surface area contributed by atoms with Gasteiger partial charge in [0.2, 0.25) is 5.91 Å². The third-order valence-corrected chi connectivity index (χ3v) is 18.6. The molecule has 0 aliphatic heterocycles. The summed E-state index contributed by atoms with van der Waals surface area (Å²) < 4.78 is 23.5. The van der Waals surface area contributed by atoms with Gasteiger partial charge >= 0.3 is 0 Å². The third-order valence-electron chi connectivity index (χ3n) is 17.7. The highest BCUT2D eigenvalue weighted by atomic mass is 31.2. The van der Waals surface area contributed by atoms with E-state index in [1.807, 2.05) is 27.2 Å². The van der Waals surface area contributed by atoms with Crippen LogP contribution >= 0.6 is 7.82 Å². The maximum Gasteiger partial charge on any atom is 0.268 e. The number of hydrogen-bond donors (Lipinski definition) is 2. The van der Waals surface area contributed by atoms with Crippen molar-refractivity contribution in [2.75, 3.05) is 40.9 Å². The van der Waals surface area contributed by atoms with Crippen molar-refractivity contribution in [1.82, 2.24) is 5.32 Å². The third kappa shape index (κ3) is 73.2. The minimum atomic E-state index is -4.62. The smallest absolute Gasteiger partial charge is 0.268 e. The number of likely N-dealkylation sites (N-methyl/N-ethyl adjacent to an activating group) is 1. The number of nitrogens with zero attached hydrogens (tertiary/aromatic N) is 1. The first kappa shape index (κ1) is 86.9. The molecule has 3 atom stereocenters. The number of rotatable bonds is 72. The number of quaternary nitrogens is 1. The molecule has 0 spiro atoms. The molecule has 0 aliphatic rings. The van der Waals surface area contributed by atoms with Gasteiger partial charge < -0.3 is 28.8 Å². The van der Waals surface area contributed by atoms with Crippen LogP contribution in [0.3, 0.4) is 0 Å². The standard InChI is InChI=1S/C80H151N2O6P/c1-6-8-10-12-14-16-18-20-22-24-26-28-30-32-34-36-38-39-40-41-42-43-44-46-48-50-52-54-56-58-60-62-64-66-68-70-72-74-80(84)81-78(77-88-89(85,86)87-76-75-82(3,4)5)79(83)73-71-69-67-65-63-61-59-57-55-53-51-49-47-45-37-35-33-31-29-27-25-23-21-19-17-15-13-11-9-7-2/h8,10,14,16,20,22,26,28,63,65,71,73,78-79,83H,6-7,9,11-13,15,17-19,21,23-25,27,29-62,64,66-70,72,74-77H2,1-5H3,(H-,81,84,85,86)/b10-8-,16-14-,22-20-,28-26-,65-63+,73-71+. The summed E-state index contributed by atoms with van der Waals surface area (Å²) in [6.07, 6.45) is 99.3. The van der Waals surface area contributed by atoms with Gasteiger partial charge in [-0.25, -0.2) is 0 Å². The molecule has 1 amide bonds. The average Bonchev–Trinajstić information content (AvgIpc) is 3.57. The van der Waals surface area contributed by atoms with Crippen molar-refractivity contribution in [2.45, 2.75) is 392 Å². The van der Waals surface area contributed by atoms with Crippen molar-refractivity contribution < 1.29 is 32.9 Å². The summed E-state index contributed by atoms with van der Waals surface area (Å²) in [4.78, 5) is 25.7. The van der Waals surface area contributed by atoms with Crippen LogP contribution in [0, 0.1) is 0 Å². The predicted molar refractivity (Wildman–Crippen MR) is 390 cm³/mol. The van der Waals surface area contributed by atoms with Gasteiger partial charge in [0.25, 0.3) is 7.82 Å². The molecule has 0 heterocycles. The van der Waals surface area contributed by atoms with E-state index in [-0.39, 0.29) is 12.5 Å². The van der Waals surface area contributed by atoms with E-state index >= 15 is 0 Å². The van der Waals surface area contributed by atoms with E-state index in [4.69, 9.17) is 9.05 Å². The van der Waals surface area contributed by atoms with Crippen LogP contribution in [0.1, 0.15) is 380 Å². The lowest BCUT2D eigenvalue weighted by Gasteiger charge is -2.29. The van der Waals surface area contributed by atoms with E-state index in [2.05, 4.69) is 79.9 Å². The topological polar surface area (TPSA) is 108 Å². The van der Waals surface area contributed by atoms with Crippen LogP contribution in [-0.2, 0) is 18.4 Å². The molecule has 89 heavy (non-hydrogen) atoms. The second-order valence-corrected chi connectivity index (χ2v) is 29.1.